The molecule has 0 aliphatic carbocycles. The van der Waals surface area contributed by atoms with Gasteiger partial charge in [-0.25, -0.2) is 4.39 Å². The fourth-order valence-electron chi connectivity index (χ4n) is 2.31. The lowest BCUT2D eigenvalue weighted by molar-refractivity contribution is 0.379. The zero-order valence-corrected chi connectivity index (χ0v) is 15.3. The van der Waals surface area contributed by atoms with E-state index in [0.717, 1.165) is 5.56 Å². The van der Waals surface area contributed by atoms with Crippen molar-refractivity contribution in [2.75, 3.05) is 0 Å². The molecular formula is C18H14FN5O2S. The van der Waals surface area contributed by atoms with Gasteiger partial charge in [-0.15, -0.1) is 10.2 Å². The van der Waals surface area contributed by atoms with Crippen molar-refractivity contribution in [1.82, 2.24) is 25.3 Å². The number of pyridine rings is 1. The van der Waals surface area contributed by atoms with Gasteiger partial charge in [-0.2, -0.15) is 4.98 Å². The molecule has 0 aliphatic rings. The molecule has 4 aromatic rings. The molecule has 1 aromatic carbocycles. The monoisotopic (exact) mass is 383 g/mol. The van der Waals surface area contributed by atoms with E-state index in [1.54, 1.807) is 37.5 Å². The highest BCUT2D eigenvalue weighted by molar-refractivity contribution is 7.99. The van der Waals surface area contributed by atoms with Gasteiger partial charge in [-0.3, -0.25) is 4.98 Å². The van der Waals surface area contributed by atoms with Crippen molar-refractivity contribution in [1.29, 1.82) is 0 Å². The van der Waals surface area contributed by atoms with Crippen LogP contribution in [0.5, 0.6) is 0 Å². The van der Waals surface area contributed by atoms with Crippen molar-refractivity contribution in [3.63, 3.8) is 0 Å². The van der Waals surface area contributed by atoms with Crippen molar-refractivity contribution >= 4 is 11.8 Å². The summed E-state index contributed by atoms with van der Waals surface area (Å²) in [4.78, 5) is 8.37. The highest BCUT2D eigenvalue weighted by Gasteiger charge is 2.20. The molecule has 4 rings (SSSR count). The third-order valence-corrected chi connectivity index (χ3v) is 4.73. The highest BCUT2D eigenvalue weighted by Crippen LogP contribution is 2.35. The second-order valence-electron chi connectivity index (χ2n) is 5.80. The number of thioether (sulfide) groups is 1. The van der Waals surface area contributed by atoms with Crippen LogP contribution in [0.15, 0.2) is 56.9 Å². The smallest absolute Gasteiger partial charge is 0.277 e. The molecule has 0 saturated heterocycles. The summed E-state index contributed by atoms with van der Waals surface area (Å²) in [6, 6.07) is 8.45. The zero-order chi connectivity index (χ0) is 18.8. The van der Waals surface area contributed by atoms with Crippen molar-refractivity contribution in [2.45, 2.75) is 24.3 Å². The maximum Gasteiger partial charge on any atom is 0.277 e. The number of nitrogens with zero attached hydrogens (tertiary/aromatic N) is 5. The molecule has 0 aliphatic heterocycles. The van der Waals surface area contributed by atoms with Gasteiger partial charge in [0, 0.05) is 18.0 Å². The van der Waals surface area contributed by atoms with Gasteiger partial charge in [0.05, 0.1) is 10.8 Å². The third-order valence-electron chi connectivity index (χ3n) is 3.81. The van der Waals surface area contributed by atoms with E-state index in [4.69, 9.17) is 8.94 Å². The van der Waals surface area contributed by atoms with E-state index in [1.807, 2.05) is 13.0 Å². The average molecular weight is 383 g/mol. The van der Waals surface area contributed by atoms with Crippen LogP contribution in [0, 0.1) is 12.7 Å². The second kappa shape index (κ2) is 7.28. The van der Waals surface area contributed by atoms with Crippen LogP contribution in [-0.2, 0) is 0 Å². The molecule has 1 atom stereocenters. The molecule has 0 radical (unpaired) electrons. The molecule has 7 nitrogen and oxygen atoms in total. The van der Waals surface area contributed by atoms with Crippen LogP contribution in [0.2, 0.25) is 0 Å². The van der Waals surface area contributed by atoms with E-state index < -0.39 is 0 Å². The molecule has 27 heavy (non-hydrogen) atoms. The Hall–Kier alpha value is -3.07. The summed E-state index contributed by atoms with van der Waals surface area (Å²) in [7, 11) is 0. The summed E-state index contributed by atoms with van der Waals surface area (Å²) < 4.78 is 24.7. The van der Waals surface area contributed by atoms with Crippen molar-refractivity contribution < 1.29 is 13.3 Å². The van der Waals surface area contributed by atoms with Gasteiger partial charge >= 0.3 is 0 Å². The van der Waals surface area contributed by atoms with Gasteiger partial charge in [-0.1, -0.05) is 29.1 Å². The Balaban J connectivity index is 1.49. The predicted molar refractivity (Wildman–Crippen MR) is 96.2 cm³/mol. The number of hydrogen-bond donors (Lipinski definition) is 0. The molecular weight excluding hydrogens is 369 g/mol. The summed E-state index contributed by atoms with van der Waals surface area (Å²) in [6.45, 7) is 3.58. The topological polar surface area (TPSA) is 90.7 Å². The molecule has 0 N–H and O–H groups in total. The van der Waals surface area contributed by atoms with E-state index in [2.05, 4.69) is 25.3 Å². The van der Waals surface area contributed by atoms with Gasteiger partial charge in [0.25, 0.3) is 5.22 Å². The number of aromatic nitrogens is 5. The second-order valence-corrected chi connectivity index (χ2v) is 7.09. The summed E-state index contributed by atoms with van der Waals surface area (Å²) in [5.41, 5.74) is 1.86. The Labute approximate surface area is 158 Å². The number of aryl methyl sites for hydroxylation is 1. The fraction of sp³-hybridized carbons (Fsp3) is 0.167. The lowest BCUT2D eigenvalue weighted by Crippen LogP contribution is -1.90. The van der Waals surface area contributed by atoms with Crippen molar-refractivity contribution in [2.24, 2.45) is 0 Å². The van der Waals surface area contributed by atoms with Gasteiger partial charge < -0.3 is 8.94 Å². The number of benzene rings is 1. The van der Waals surface area contributed by atoms with Gasteiger partial charge in [0.1, 0.15) is 5.82 Å². The van der Waals surface area contributed by atoms with E-state index in [-0.39, 0.29) is 11.1 Å². The Bertz CT molecular complexity index is 1070. The van der Waals surface area contributed by atoms with E-state index >= 15 is 0 Å². The van der Waals surface area contributed by atoms with E-state index in [1.165, 1.54) is 17.8 Å². The highest BCUT2D eigenvalue weighted by atomic mass is 32.2. The lowest BCUT2D eigenvalue weighted by atomic mass is 10.1. The summed E-state index contributed by atoms with van der Waals surface area (Å²) in [5.74, 6) is 0.796. The largest absolute Gasteiger partial charge is 0.411 e. The minimum absolute atomic E-state index is 0.219. The first kappa shape index (κ1) is 17.3. The first-order valence-electron chi connectivity index (χ1n) is 8.11. The summed E-state index contributed by atoms with van der Waals surface area (Å²) in [6.07, 6.45) is 3.32. The first-order chi connectivity index (χ1) is 13.1. The Morgan fingerprint density at radius 1 is 1.15 bits per heavy atom. The molecule has 3 heterocycles. The Morgan fingerprint density at radius 2 is 2.04 bits per heavy atom. The Morgan fingerprint density at radius 3 is 2.81 bits per heavy atom. The molecule has 136 valence electrons. The van der Waals surface area contributed by atoms with Crippen LogP contribution >= 0.6 is 11.8 Å². The predicted octanol–water partition coefficient (Wildman–Crippen LogP) is 4.48. The molecule has 3 aromatic heterocycles. The number of rotatable bonds is 5. The summed E-state index contributed by atoms with van der Waals surface area (Å²) in [5, 5.41) is 12.1. The van der Waals surface area contributed by atoms with E-state index in [9.17, 15) is 4.39 Å². The van der Waals surface area contributed by atoms with Gasteiger partial charge in [-0.05, 0) is 37.6 Å². The van der Waals surface area contributed by atoms with Crippen LogP contribution in [0.4, 0.5) is 4.39 Å². The average Bonchev–Trinajstić information content (AvgIpc) is 3.34. The molecule has 0 fully saturated rings. The summed E-state index contributed by atoms with van der Waals surface area (Å²) >= 11 is 1.30. The van der Waals surface area contributed by atoms with Crippen LogP contribution in [0.1, 0.15) is 23.6 Å². The van der Waals surface area contributed by atoms with Crippen LogP contribution in [0.25, 0.3) is 22.8 Å². The SMILES string of the molecule is Cc1ccc(-c2noc(C(C)Sc3nnc(-c4cccnc4)o3)n2)cc1F. The Kier molecular flexibility index (Phi) is 4.68. The lowest BCUT2D eigenvalue weighted by Gasteiger charge is -2.01. The van der Waals surface area contributed by atoms with E-state index in [0.29, 0.717) is 34.0 Å². The molecule has 1 unspecified atom stereocenters. The third kappa shape index (κ3) is 3.72. The molecule has 9 heteroatoms. The minimum atomic E-state index is -0.310. The van der Waals surface area contributed by atoms with Gasteiger partial charge in [0.15, 0.2) is 0 Å². The van der Waals surface area contributed by atoms with Crippen LogP contribution < -0.4 is 0 Å². The first-order valence-corrected chi connectivity index (χ1v) is 8.99. The zero-order valence-electron chi connectivity index (χ0n) is 14.5. The van der Waals surface area contributed by atoms with Gasteiger partial charge in [0.2, 0.25) is 17.6 Å². The van der Waals surface area contributed by atoms with Crippen LogP contribution in [-0.4, -0.2) is 25.3 Å². The molecule has 0 spiro atoms. The maximum atomic E-state index is 13.7. The molecule has 0 saturated carbocycles. The maximum absolute atomic E-state index is 13.7. The standard InChI is InChI=1S/C18H14FN5O2S/c1-10-5-6-12(8-14(10)19)15-21-16(26-24-15)11(2)27-18-23-22-17(25-18)13-4-3-7-20-9-13/h3-9,11H,1-2H3. The van der Waals surface area contributed by atoms with Crippen LogP contribution in [0.3, 0.4) is 0 Å². The normalized spacial score (nSPS) is 12.3. The quantitative estimate of drug-likeness (QED) is 0.466. The number of halogens is 1. The van der Waals surface area contributed by atoms with Crippen molar-refractivity contribution in [3.8, 4) is 22.8 Å². The molecule has 0 amide bonds. The minimum Gasteiger partial charge on any atom is -0.411 e. The fourth-order valence-corrected chi connectivity index (χ4v) is 3.03. The molecule has 0 bridgehead atoms. The number of hydrogen-bond acceptors (Lipinski definition) is 8. The van der Waals surface area contributed by atoms with Crippen molar-refractivity contribution in [3.05, 3.63) is 60.0 Å².